The molecule has 0 radical (unpaired) electrons. The van der Waals surface area contributed by atoms with Gasteiger partial charge in [-0.1, -0.05) is 6.07 Å². The van der Waals surface area contributed by atoms with E-state index >= 15 is 0 Å². The predicted octanol–water partition coefficient (Wildman–Crippen LogP) is 3.74. The normalized spacial score (nSPS) is 15.9. The third-order valence-corrected chi connectivity index (χ3v) is 5.85. The van der Waals surface area contributed by atoms with Crippen molar-refractivity contribution in [1.82, 2.24) is 4.57 Å². The molecule has 1 aliphatic heterocycles. The molecule has 7 nitrogen and oxygen atoms in total. The number of nitrogens with zero attached hydrogens (tertiary/aromatic N) is 1. The van der Waals surface area contributed by atoms with Crippen LogP contribution < -0.4 is 10.9 Å². The van der Waals surface area contributed by atoms with Gasteiger partial charge in [-0.05, 0) is 38.3 Å². The van der Waals surface area contributed by atoms with Crippen LogP contribution in [0.3, 0.4) is 0 Å². The van der Waals surface area contributed by atoms with E-state index in [1.54, 1.807) is 26.8 Å². The van der Waals surface area contributed by atoms with Crippen molar-refractivity contribution in [3.63, 3.8) is 0 Å². The summed E-state index contributed by atoms with van der Waals surface area (Å²) in [6.07, 6.45) is -0.724. The second kappa shape index (κ2) is 7.40. The molecule has 0 unspecified atom stereocenters. The monoisotopic (exact) mass is 408 g/mol. The van der Waals surface area contributed by atoms with Gasteiger partial charge in [0.15, 0.2) is 0 Å². The summed E-state index contributed by atoms with van der Waals surface area (Å²) in [5, 5.41) is 5.14. The Hall–Kier alpha value is -2.26. The van der Waals surface area contributed by atoms with Gasteiger partial charge in [0.2, 0.25) is 0 Å². The molecular formula is C18H20N2O5S2. The first-order valence-corrected chi connectivity index (χ1v) is 10.1. The second-order valence-corrected chi connectivity index (χ2v) is 8.86. The molecule has 1 atom stereocenters. The Morgan fingerprint density at radius 2 is 2.07 bits per heavy atom. The lowest BCUT2D eigenvalue weighted by molar-refractivity contribution is -0.143. The van der Waals surface area contributed by atoms with E-state index in [1.807, 2.05) is 17.5 Å². The van der Waals surface area contributed by atoms with E-state index in [-0.39, 0.29) is 5.69 Å². The van der Waals surface area contributed by atoms with Crippen molar-refractivity contribution >= 4 is 40.8 Å². The lowest BCUT2D eigenvalue weighted by Crippen LogP contribution is -2.34. The lowest BCUT2D eigenvalue weighted by Gasteiger charge is -2.20. The summed E-state index contributed by atoms with van der Waals surface area (Å²) in [6.45, 7) is 5.22. The first-order valence-electron chi connectivity index (χ1n) is 8.25. The molecule has 2 aromatic heterocycles. The van der Waals surface area contributed by atoms with Gasteiger partial charge < -0.3 is 9.47 Å². The number of methoxy groups -OCH3 is 1. The molecule has 0 saturated heterocycles. The number of anilines is 1. The van der Waals surface area contributed by atoms with Crippen LogP contribution in [-0.2, 0) is 14.3 Å². The third-order valence-electron chi connectivity index (χ3n) is 3.77. The highest BCUT2D eigenvalue weighted by Gasteiger charge is 2.34. The molecule has 0 fully saturated rings. The summed E-state index contributed by atoms with van der Waals surface area (Å²) in [6, 6.07) is 4.73. The predicted molar refractivity (Wildman–Crippen MR) is 106 cm³/mol. The van der Waals surface area contributed by atoms with Crippen molar-refractivity contribution in [3.05, 3.63) is 33.9 Å². The summed E-state index contributed by atoms with van der Waals surface area (Å²) >= 11 is 2.93. The zero-order chi connectivity index (χ0) is 19.8. The number of thiophene rings is 1. The van der Waals surface area contributed by atoms with Crippen LogP contribution in [0.15, 0.2) is 33.4 Å². The number of fused-ring (bicyclic) bond motifs is 1. The third kappa shape index (κ3) is 4.03. The van der Waals surface area contributed by atoms with E-state index in [0.29, 0.717) is 10.8 Å². The maximum atomic E-state index is 13.0. The van der Waals surface area contributed by atoms with E-state index in [9.17, 15) is 14.4 Å². The van der Waals surface area contributed by atoms with Crippen LogP contribution in [0.25, 0.3) is 10.4 Å². The molecule has 0 bridgehead atoms. The van der Waals surface area contributed by atoms with Gasteiger partial charge in [-0.15, -0.1) is 23.1 Å². The Morgan fingerprint density at radius 1 is 1.33 bits per heavy atom. The lowest BCUT2D eigenvalue weighted by atomic mass is 10.2. The average Bonchev–Trinajstić information content (AvgIpc) is 3.24. The molecule has 0 saturated carbocycles. The first kappa shape index (κ1) is 19.5. The molecule has 1 N–H and O–H groups in total. The van der Waals surface area contributed by atoms with Crippen molar-refractivity contribution in [2.45, 2.75) is 37.4 Å². The van der Waals surface area contributed by atoms with Crippen LogP contribution in [0.2, 0.25) is 0 Å². The Bertz CT molecular complexity index is 928. The number of ether oxygens (including phenoxy) is 2. The Balaban J connectivity index is 2.10. The number of pyridine rings is 1. The molecule has 27 heavy (non-hydrogen) atoms. The van der Waals surface area contributed by atoms with Gasteiger partial charge in [0.25, 0.3) is 5.56 Å². The van der Waals surface area contributed by atoms with Crippen molar-refractivity contribution < 1.29 is 19.1 Å². The quantitative estimate of drug-likeness (QED) is 0.779. The Morgan fingerprint density at radius 3 is 2.67 bits per heavy atom. The number of thioether (sulfide) groups is 1. The van der Waals surface area contributed by atoms with E-state index in [1.165, 1.54) is 34.8 Å². The van der Waals surface area contributed by atoms with E-state index in [2.05, 4.69) is 5.32 Å². The van der Waals surface area contributed by atoms with Crippen molar-refractivity contribution in [2.75, 3.05) is 18.2 Å². The first-order chi connectivity index (χ1) is 12.7. The van der Waals surface area contributed by atoms with Crippen LogP contribution in [0.4, 0.5) is 10.5 Å². The molecule has 1 aliphatic rings. The van der Waals surface area contributed by atoms with Gasteiger partial charge >= 0.3 is 12.1 Å². The largest absolute Gasteiger partial charge is 0.467 e. The zero-order valence-electron chi connectivity index (χ0n) is 15.4. The highest BCUT2D eigenvalue weighted by molar-refractivity contribution is 7.99. The molecular weight excluding hydrogens is 388 g/mol. The number of esters is 1. The number of aromatic nitrogens is 1. The van der Waals surface area contributed by atoms with Gasteiger partial charge in [0, 0.05) is 16.2 Å². The van der Waals surface area contributed by atoms with Gasteiger partial charge in [-0.2, -0.15) is 0 Å². The summed E-state index contributed by atoms with van der Waals surface area (Å²) in [4.78, 5) is 38.2. The number of carbonyl (C=O) groups excluding carboxylic acids is 2. The fraction of sp³-hybridized carbons (Fsp3) is 0.389. The molecule has 9 heteroatoms. The van der Waals surface area contributed by atoms with Gasteiger partial charge in [0.1, 0.15) is 17.3 Å². The molecule has 144 valence electrons. The van der Waals surface area contributed by atoms with E-state index < -0.39 is 29.3 Å². The topological polar surface area (TPSA) is 86.6 Å². The number of rotatable bonds is 3. The van der Waals surface area contributed by atoms with Crippen LogP contribution in [0.1, 0.15) is 26.8 Å². The minimum Gasteiger partial charge on any atom is -0.467 e. The molecule has 0 aromatic carbocycles. The van der Waals surface area contributed by atoms with Gasteiger partial charge in [-0.25, -0.2) is 9.59 Å². The van der Waals surface area contributed by atoms with E-state index in [0.717, 1.165) is 10.4 Å². The maximum absolute atomic E-state index is 13.0. The SMILES string of the molecule is COC(=O)[C@@H]1CSc2c(-c3cccs3)cc(NC(=O)OC(C)(C)C)c(=O)n21. The highest BCUT2D eigenvalue weighted by atomic mass is 32.2. The number of amides is 1. The smallest absolute Gasteiger partial charge is 0.412 e. The summed E-state index contributed by atoms with van der Waals surface area (Å²) in [7, 11) is 1.29. The van der Waals surface area contributed by atoms with Crippen molar-refractivity contribution in [3.8, 4) is 10.4 Å². The molecule has 0 spiro atoms. The van der Waals surface area contributed by atoms with Crippen LogP contribution >= 0.6 is 23.1 Å². The molecule has 3 heterocycles. The average molecular weight is 409 g/mol. The number of hydrogen-bond donors (Lipinski definition) is 1. The molecule has 1 amide bonds. The number of hydrogen-bond acceptors (Lipinski definition) is 7. The zero-order valence-corrected chi connectivity index (χ0v) is 17.0. The Kier molecular flexibility index (Phi) is 5.34. The second-order valence-electron chi connectivity index (χ2n) is 6.91. The maximum Gasteiger partial charge on any atom is 0.412 e. The molecule has 2 aromatic rings. The number of nitrogens with one attached hydrogen (secondary N) is 1. The highest BCUT2D eigenvalue weighted by Crippen LogP contribution is 2.41. The van der Waals surface area contributed by atoms with Crippen molar-refractivity contribution in [2.24, 2.45) is 0 Å². The van der Waals surface area contributed by atoms with Gasteiger partial charge in [-0.3, -0.25) is 14.7 Å². The van der Waals surface area contributed by atoms with Gasteiger partial charge in [0.05, 0.1) is 12.1 Å². The summed E-state index contributed by atoms with van der Waals surface area (Å²) < 4.78 is 11.5. The fourth-order valence-corrected chi connectivity index (χ4v) is 4.79. The summed E-state index contributed by atoms with van der Waals surface area (Å²) in [5.41, 5.74) is -0.311. The number of carbonyl (C=O) groups is 2. The summed E-state index contributed by atoms with van der Waals surface area (Å²) in [5.74, 6) is -0.0918. The minimum absolute atomic E-state index is 0.0628. The Labute approximate surface area is 164 Å². The van der Waals surface area contributed by atoms with Crippen molar-refractivity contribution in [1.29, 1.82) is 0 Å². The van der Waals surface area contributed by atoms with Crippen LogP contribution in [0, 0.1) is 0 Å². The fourth-order valence-electron chi connectivity index (χ4n) is 2.70. The van der Waals surface area contributed by atoms with Crippen LogP contribution in [0.5, 0.6) is 0 Å². The minimum atomic E-state index is -0.735. The van der Waals surface area contributed by atoms with Crippen LogP contribution in [-0.4, -0.2) is 35.1 Å². The van der Waals surface area contributed by atoms with E-state index in [4.69, 9.17) is 9.47 Å². The standard InChI is InChI=1S/C18H20N2O5S2/c1-18(2,3)25-17(23)19-11-8-10(13-6-5-7-26-13)15-20(14(11)21)12(9-27-15)16(22)24-4/h5-8,12H,9H2,1-4H3,(H,19,23)/t12-/m0/s1. The molecule has 0 aliphatic carbocycles. The molecule has 3 rings (SSSR count).